The number of nitrogens with one attached hydrogen (secondary N) is 1. The summed E-state index contributed by atoms with van der Waals surface area (Å²) in [7, 11) is 2.06. The van der Waals surface area contributed by atoms with E-state index in [9.17, 15) is 0 Å². The van der Waals surface area contributed by atoms with Crippen molar-refractivity contribution >= 4 is 0 Å². The fourth-order valence-corrected chi connectivity index (χ4v) is 3.67. The van der Waals surface area contributed by atoms with Crippen molar-refractivity contribution in [1.29, 1.82) is 0 Å². The highest BCUT2D eigenvalue weighted by molar-refractivity contribution is 5.14. The molecule has 1 saturated heterocycles. The maximum absolute atomic E-state index is 5.65. The summed E-state index contributed by atoms with van der Waals surface area (Å²) in [5.74, 6) is 1.76. The van der Waals surface area contributed by atoms with Gasteiger partial charge in [0.25, 0.3) is 0 Å². The average molecular weight is 167 g/mol. The van der Waals surface area contributed by atoms with Gasteiger partial charge >= 0.3 is 0 Å². The van der Waals surface area contributed by atoms with Crippen LogP contribution in [-0.2, 0) is 4.74 Å². The van der Waals surface area contributed by atoms with Crippen molar-refractivity contribution in [2.75, 3.05) is 13.6 Å². The lowest BCUT2D eigenvalue weighted by Gasteiger charge is -2.32. The predicted octanol–water partition coefficient (Wildman–Crippen LogP) is 1.02. The van der Waals surface area contributed by atoms with Gasteiger partial charge < -0.3 is 10.1 Å². The molecule has 68 valence electrons. The summed E-state index contributed by atoms with van der Waals surface area (Å²) < 4.78 is 5.65. The molecule has 3 rings (SSSR count). The van der Waals surface area contributed by atoms with Crippen molar-refractivity contribution in [2.45, 2.75) is 32.0 Å². The minimum atomic E-state index is 0.539. The molecule has 0 aromatic heterocycles. The maximum Gasteiger partial charge on any atom is 0.0878 e. The van der Waals surface area contributed by atoms with E-state index in [0.29, 0.717) is 17.6 Å². The third-order valence-corrected chi connectivity index (χ3v) is 4.18. The van der Waals surface area contributed by atoms with Gasteiger partial charge in [-0.1, -0.05) is 6.92 Å². The smallest absolute Gasteiger partial charge is 0.0878 e. The monoisotopic (exact) mass is 167 g/mol. The van der Waals surface area contributed by atoms with Crippen LogP contribution in [-0.4, -0.2) is 25.8 Å². The normalized spacial score (nSPS) is 60.5. The number of fused-ring (bicyclic) bond motifs is 5. The van der Waals surface area contributed by atoms with E-state index in [1.54, 1.807) is 0 Å². The molecule has 2 saturated carbocycles. The van der Waals surface area contributed by atoms with Crippen molar-refractivity contribution in [3.05, 3.63) is 0 Å². The molecule has 0 amide bonds. The molecule has 5 atom stereocenters. The number of ether oxygens (including phenoxy) is 1. The summed E-state index contributed by atoms with van der Waals surface area (Å²) in [6, 6.07) is 0. The largest absolute Gasteiger partial charge is 0.369 e. The van der Waals surface area contributed by atoms with Gasteiger partial charge in [-0.2, -0.15) is 0 Å². The zero-order valence-electron chi connectivity index (χ0n) is 7.84. The first-order valence-corrected chi connectivity index (χ1v) is 5.05. The van der Waals surface area contributed by atoms with E-state index in [1.165, 1.54) is 19.4 Å². The topological polar surface area (TPSA) is 24.6 Å². The first-order chi connectivity index (χ1) is 5.74. The minimum Gasteiger partial charge on any atom is -0.369 e. The summed E-state index contributed by atoms with van der Waals surface area (Å²) in [6.45, 7) is 3.59. The molecule has 0 spiro atoms. The van der Waals surface area contributed by atoms with Gasteiger partial charge in [0.2, 0.25) is 0 Å². The molecule has 5 unspecified atom stereocenters. The maximum atomic E-state index is 5.65. The molecular weight excluding hydrogens is 150 g/mol. The van der Waals surface area contributed by atoms with Crippen molar-refractivity contribution in [3.63, 3.8) is 0 Å². The van der Waals surface area contributed by atoms with E-state index in [0.717, 1.165) is 11.8 Å². The van der Waals surface area contributed by atoms with Crippen molar-refractivity contribution in [1.82, 2.24) is 5.32 Å². The van der Waals surface area contributed by atoms with E-state index in [2.05, 4.69) is 19.3 Å². The lowest BCUT2D eigenvalue weighted by atomic mass is 9.75. The number of hydrogen-bond donors (Lipinski definition) is 1. The van der Waals surface area contributed by atoms with Crippen LogP contribution < -0.4 is 5.32 Å². The van der Waals surface area contributed by atoms with Crippen LogP contribution in [0.5, 0.6) is 0 Å². The molecule has 1 heterocycles. The molecule has 2 nitrogen and oxygen atoms in total. The van der Waals surface area contributed by atoms with Gasteiger partial charge in [-0.05, 0) is 37.1 Å². The molecule has 0 radical (unpaired) electrons. The zero-order chi connectivity index (χ0) is 8.34. The Morgan fingerprint density at radius 1 is 1.50 bits per heavy atom. The van der Waals surface area contributed by atoms with Gasteiger partial charge in [-0.15, -0.1) is 0 Å². The Balaban J connectivity index is 1.82. The number of hydrogen-bond acceptors (Lipinski definition) is 2. The molecule has 2 heteroatoms. The summed E-state index contributed by atoms with van der Waals surface area (Å²) in [6.07, 6.45) is 4.16. The lowest BCUT2D eigenvalue weighted by Crippen LogP contribution is -2.37. The van der Waals surface area contributed by atoms with Crippen LogP contribution in [0.4, 0.5) is 0 Å². The van der Waals surface area contributed by atoms with Gasteiger partial charge in [-0.25, -0.2) is 0 Å². The Kier molecular flexibility index (Phi) is 1.25. The Morgan fingerprint density at radius 2 is 2.33 bits per heavy atom. The predicted molar refractivity (Wildman–Crippen MR) is 46.9 cm³/mol. The Bertz CT molecular complexity index is 218. The molecular formula is C10H17NO. The highest BCUT2D eigenvalue weighted by atomic mass is 16.6. The molecule has 3 fully saturated rings. The molecule has 2 aliphatic carbocycles. The molecule has 1 aliphatic heterocycles. The molecule has 0 aromatic rings. The van der Waals surface area contributed by atoms with Gasteiger partial charge in [0.1, 0.15) is 0 Å². The Labute approximate surface area is 73.7 Å². The van der Waals surface area contributed by atoms with Crippen LogP contribution in [0.15, 0.2) is 0 Å². The average Bonchev–Trinajstić information content (AvgIpc) is 2.65. The summed E-state index contributed by atoms with van der Waals surface area (Å²) in [5.41, 5.74) is 0.539. The third kappa shape index (κ3) is 0.728. The highest BCUT2D eigenvalue weighted by Crippen LogP contribution is 2.63. The van der Waals surface area contributed by atoms with E-state index in [-0.39, 0.29) is 0 Å². The minimum absolute atomic E-state index is 0.539. The molecule has 2 bridgehead atoms. The van der Waals surface area contributed by atoms with Crippen molar-refractivity contribution < 1.29 is 4.74 Å². The summed E-state index contributed by atoms with van der Waals surface area (Å²) in [4.78, 5) is 0. The van der Waals surface area contributed by atoms with Crippen LogP contribution in [0.1, 0.15) is 19.8 Å². The van der Waals surface area contributed by atoms with E-state index in [1.807, 2.05) is 0 Å². The molecule has 12 heavy (non-hydrogen) atoms. The zero-order valence-corrected chi connectivity index (χ0v) is 7.84. The second-order valence-corrected chi connectivity index (χ2v) is 5.06. The number of epoxide rings is 1. The Morgan fingerprint density at radius 3 is 2.92 bits per heavy atom. The van der Waals surface area contributed by atoms with E-state index < -0.39 is 0 Å². The first kappa shape index (κ1) is 7.34. The van der Waals surface area contributed by atoms with Gasteiger partial charge in [0, 0.05) is 6.54 Å². The molecule has 0 aromatic carbocycles. The number of rotatable bonds is 2. The lowest BCUT2D eigenvalue weighted by molar-refractivity contribution is 0.179. The standard InChI is InChI=1S/C10H17NO/c1-10(5-11-2)4-6-3-7(10)9-8(6)12-9/h6-9,11H,3-5H2,1-2H3. The van der Waals surface area contributed by atoms with Crippen molar-refractivity contribution in [3.8, 4) is 0 Å². The van der Waals surface area contributed by atoms with E-state index in [4.69, 9.17) is 4.74 Å². The van der Waals surface area contributed by atoms with E-state index >= 15 is 0 Å². The SMILES string of the molecule is CNCC1(C)CC2CC1C1OC21. The summed E-state index contributed by atoms with van der Waals surface area (Å²) in [5, 5.41) is 3.32. The Hall–Kier alpha value is -0.0800. The van der Waals surface area contributed by atoms with Crippen LogP contribution in [0.3, 0.4) is 0 Å². The fourth-order valence-electron chi connectivity index (χ4n) is 3.67. The highest BCUT2D eigenvalue weighted by Gasteiger charge is 2.66. The quantitative estimate of drug-likeness (QED) is 0.621. The fraction of sp³-hybridized carbons (Fsp3) is 1.00. The second-order valence-electron chi connectivity index (χ2n) is 5.06. The van der Waals surface area contributed by atoms with Gasteiger partial charge in [-0.3, -0.25) is 0 Å². The van der Waals surface area contributed by atoms with Crippen molar-refractivity contribution in [2.24, 2.45) is 17.3 Å². The second kappa shape index (κ2) is 2.05. The van der Waals surface area contributed by atoms with Crippen LogP contribution in [0, 0.1) is 17.3 Å². The molecule has 1 N–H and O–H groups in total. The first-order valence-electron chi connectivity index (χ1n) is 5.05. The van der Waals surface area contributed by atoms with Crippen LogP contribution >= 0.6 is 0 Å². The molecule has 3 aliphatic rings. The summed E-state index contributed by atoms with van der Waals surface area (Å²) >= 11 is 0. The van der Waals surface area contributed by atoms with Crippen LogP contribution in [0.2, 0.25) is 0 Å². The van der Waals surface area contributed by atoms with Gasteiger partial charge in [0.15, 0.2) is 0 Å². The van der Waals surface area contributed by atoms with Gasteiger partial charge in [0.05, 0.1) is 12.2 Å². The third-order valence-electron chi connectivity index (χ3n) is 4.18. The van der Waals surface area contributed by atoms with Crippen LogP contribution in [0.25, 0.3) is 0 Å².